The maximum atomic E-state index is 11.8. The fourth-order valence-corrected chi connectivity index (χ4v) is 2.37. The molecule has 1 fully saturated rings. The van der Waals surface area contributed by atoms with Crippen molar-refractivity contribution in [3.8, 4) is 0 Å². The van der Waals surface area contributed by atoms with Gasteiger partial charge in [0.05, 0.1) is 12.2 Å². The molecule has 1 aliphatic heterocycles. The number of aryl methyl sites for hydroxylation is 1. The lowest BCUT2D eigenvalue weighted by Crippen LogP contribution is -2.33. The van der Waals surface area contributed by atoms with Crippen molar-refractivity contribution < 1.29 is 9.53 Å². The summed E-state index contributed by atoms with van der Waals surface area (Å²) in [6, 6.07) is 4.01. The third kappa shape index (κ3) is 2.46. The number of imidazole rings is 1. The van der Waals surface area contributed by atoms with E-state index in [-0.39, 0.29) is 12.0 Å². The van der Waals surface area contributed by atoms with Gasteiger partial charge in [-0.2, -0.15) is 0 Å². The number of amides is 1. The molecular weight excluding hydrogens is 242 g/mol. The predicted molar refractivity (Wildman–Crippen MR) is 70.7 cm³/mol. The van der Waals surface area contributed by atoms with Crippen molar-refractivity contribution >= 4 is 11.6 Å². The van der Waals surface area contributed by atoms with Gasteiger partial charge in [-0.1, -0.05) is 6.07 Å². The highest BCUT2D eigenvalue weighted by Gasteiger charge is 2.23. The second kappa shape index (κ2) is 5.01. The van der Waals surface area contributed by atoms with Crippen molar-refractivity contribution in [1.82, 2.24) is 14.7 Å². The predicted octanol–water partition coefficient (Wildman–Crippen LogP) is 1.44. The molecule has 3 heterocycles. The van der Waals surface area contributed by atoms with Crippen LogP contribution in [0.3, 0.4) is 0 Å². The van der Waals surface area contributed by atoms with E-state index in [9.17, 15) is 4.79 Å². The summed E-state index contributed by atoms with van der Waals surface area (Å²) in [5.74, 6) is -0.0359. The number of pyridine rings is 1. The number of nitrogens with zero attached hydrogens (tertiary/aromatic N) is 2. The van der Waals surface area contributed by atoms with Gasteiger partial charge in [0.1, 0.15) is 11.8 Å². The van der Waals surface area contributed by atoms with Crippen molar-refractivity contribution in [3.05, 3.63) is 35.8 Å². The molecule has 1 aliphatic rings. The Hall–Kier alpha value is -1.88. The lowest BCUT2D eigenvalue weighted by molar-refractivity contribution is -0.130. The second-order valence-electron chi connectivity index (χ2n) is 4.87. The highest BCUT2D eigenvalue weighted by atomic mass is 16.5. The van der Waals surface area contributed by atoms with Crippen LogP contribution in [0.5, 0.6) is 0 Å². The van der Waals surface area contributed by atoms with E-state index >= 15 is 0 Å². The molecule has 0 spiro atoms. The van der Waals surface area contributed by atoms with E-state index < -0.39 is 0 Å². The van der Waals surface area contributed by atoms with Gasteiger partial charge in [-0.3, -0.25) is 4.79 Å². The fourth-order valence-electron chi connectivity index (χ4n) is 2.37. The monoisotopic (exact) mass is 259 g/mol. The molecule has 0 aromatic carbocycles. The zero-order valence-electron chi connectivity index (χ0n) is 10.9. The van der Waals surface area contributed by atoms with Crippen LogP contribution in [0.1, 0.15) is 24.1 Å². The summed E-state index contributed by atoms with van der Waals surface area (Å²) < 4.78 is 7.32. The van der Waals surface area contributed by atoms with Crippen molar-refractivity contribution in [2.75, 3.05) is 6.61 Å². The Bertz CT molecular complexity index is 600. The quantitative estimate of drug-likeness (QED) is 0.907. The van der Waals surface area contributed by atoms with Crippen molar-refractivity contribution in [1.29, 1.82) is 0 Å². The number of nitrogens with one attached hydrogen (secondary N) is 1. The molecular formula is C14H17N3O2. The van der Waals surface area contributed by atoms with Gasteiger partial charge in [0.25, 0.3) is 0 Å². The normalized spacial score (nSPS) is 18.9. The summed E-state index contributed by atoms with van der Waals surface area (Å²) in [6.45, 7) is 3.16. The second-order valence-corrected chi connectivity index (χ2v) is 4.87. The average molecular weight is 259 g/mol. The number of hydrogen-bond donors (Lipinski definition) is 1. The summed E-state index contributed by atoms with van der Waals surface area (Å²) in [5.41, 5.74) is 2.92. The van der Waals surface area contributed by atoms with Gasteiger partial charge in [-0.25, -0.2) is 4.98 Å². The van der Waals surface area contributed by atoms with Crippen LogP contribution < -0.4 is 5.32 Å². The Balaban J connectivity index is 1.68. The Morgan fingerprint density at radius 1 is 1.63 bits per heavy atom. The summed E-state index contributed by atoms with van der Waals surface area (Å²) in [4.78, 5) is 16.3. The Morgan fingerprint density at radius 2 is 2.53 bits per heavy atom. The number of ether oxygens (including phenoxy) is 1. The molecule has 0 radical (unpaired) electrons. The Kier molecular flexibility index (Phi) is 3.21. The summed E-state index contributed by atoms with van der Waals surface area (Å²) >= 11 is 0. The molecule has 2 aromatic heterocycles. The minimum Gasteiger partial charge on any atom is -0.368 e. The topological polar surface area (TPSA) is 55.6 Å². The van der Waals surface area contributed by atoms with Crippen molar-refractivity contribution in [3.63, 3.8) is 0 Å². The maximum Gasteiger partial charge on any atom is 0.249 e. The Labute approximate surface area is 111 Å². The zero-order chi connectivity index (χ0) is 13.2. The van der Waals surface area contributed by atoms with Crippen molar-refractivity contribution in [2.24, 2.45) is 0 Å². The van der Waals surface area contributed by atoms with Gasteiger partial charge in [0, 0.05) is 19.0 Å². The van der Waals surface area contributed by atoms with E-state index in [4.69, 9.17) is 4.74 Å². The molecule has 5 nitrogen and oxygen atoms in total. The standard InChI is InChI=1S/C14H17N3O2/c1-10-4-2-6-17-9-11(16-13(10)17)8-15-14(18)12-5-3-7-19-12/h2,4,6,9,12H,3,5,7-8H2,1H3,(H,15,18). The van der Waals surface area contributed by atoms with Crippen LogP contribution in [0, 0.1) is 6.92 Å². The molecule has 3 rings (SSSR count). The molecule has 100 valence electrons. The van der Waals surface area contributed by atoms with Crippen LogP contribution in [-0.2, 0) is 16.1 Å². The first-order valence-corrected chi connectivity index (χ1v) is 6.56. The first-order valence-electron chi connectivity index (χ1n) is 6.56. The molecule has 0 aliphatic carbocycles. The lowest BCUT2D eigenvalue weighted by Gasteiger charge is -2.08. The molecule has 19 heavy (non-hydrogen) atoms. The molecule has 1 unspecified atom stereocenters. The van der Waals surface area contributed by atoms with E-state index in [0.29, 0.717) is 13.2 Å². The first-order chi connectivity index (χ1) is 9.24. The molecule has 5 heteroatoms. The van der Waals surface area contributed by atoms with Crippen LogP contribution in [0.25, 0.3) is 5.65 Å². The van der Waals surface area contributed by atoms with E-state index in [1.165, 1.54) is 0 Å². The minimum absolute atomic E-state index is 0.0359. The lowest BCUT2D eigenvalue weighted by atomic mass is 10.2. The highest BCUT2D eigenvalue weighted by molar-refractivity contribution is 5.80. The van der Waals surface area contributed by atoms with Gasteiger partial charge in [-0.15, -0.1) is 0 Å². The van der Waals surface area contributed by atoms with Crippen LogP contribution in [0.4, 0.5) is 0 Å². The third-order valence-corrected chi connectivity index (χ3v) is 3.39. The van der Waals surface area contributed by atoms with Crippen LogP contribution in [0.15, 0.2) is 24.5 Å². The number of carbonyl (C=O) groups is 1. The highest BCUT2D eigenvalue weighted by Crippen LogP contribution is 2.13. The molecule has 2 aromatic rings. The van der Waals surface area contributed by atoms with E-state index in [0.717, 1.165) is 29.7 Å². The molecule has 1 amide bonds. The molecule has 1 saturated heterocycles. The smallest absolute Gasteiger partial charge is 0.249 e. The van der Waals surface area contributed by atoms with Gasteiger partial charge in [0.15, 0.2) is 0 Å². The molecule has 1 atom stereocenters. The number of carbonyl (C=O) groups excluding carboxylic acids is 1. The fraction of sp³-hybridized carbons (Fsp3) is 0.429. The SMILES string of the molecule is Cc1cccn2cc(CNC(=O)C3CCCO3)nc12. The van der Waals surface area contributed by atoms with E-state index in [1.54, 1.807) is 0 Å². The number of rotatable bonds is 3. The zero-order valence-corrected chi connectivity index (χ0v) is 10.9. The number of aromatic nitrogens is 2. The van der Waals surface area contributed by atoms with E-state index in [2.05, 4.69) is 10.3 Å². The largest absolute Gasteiger partial charge is 0.368 e. The number of fused-ring (bicyclic) bond motifs is 1. The molecule has 0 saturated carbocycles. The van der Waals surface area contributed by atoms with Gasteiger partial charge >= 0.3 is 0 Å². The number of hydrogen-bond acceptors (Lipinski definition) is 3. The van der Waals surface area contributed by atoms with Crippen LogP contribution >= 0.6 is 0 Å². The van der Waals surface area contributed by atoms with Gasteiger partial charge in [-0.05, 0) is 31.4 Å². The van der Waals surface area contributed by atoms with E-state index in [1.807, 2.05) is 35.9 Å². The molecule has 0 bridgehead atoms. The summed E-state index contributed by atoms with van der Waals surface area (Å²) in [6.07, 6.45) is 5.40. The van der Waals surface area contributed by atoms with Crippen molar-refractivity contribution in [2.45, 2.75) is 32.4 Å². The van der Waals surface area contributed by atoms with Gasteiger partial charge < -0.3 is 14.5 Å². The third-order valence-electron chi connectivity index (χ3n) is 3.39. The average Bonchev–Trinajstić information content (AvgIpc) is 3.05. The minimum atomic E-state index is -0.279. The summed E-state index contributed by atoms with van der Waals surface area (Å²) in [7, 11) is 0. The van der Waals surface area contributed by atoms with Crippen LogP contribution in [0.2, 0.25) is 0 Å². The van der Waals surface area contributed by atoms with Gasteiger partial charge in [0.2, 0.25) is 5.91 Å². The maximum absolute atomic E-state index is 11.8. The summed E-state index contributed by atoms with van der Waals surface area (Å²) in [5, 5.41) is 2.88. The first kappa shape index (κ1) is 12.2. The molecule has 1 N–H and O–H groups in total. The Morgan fingerprint density at radius 3 is 3.26 bits per heavy atom. The van der Waals surface area contributed by atoms with Crippen LogP contribution in [-0.4, -0.2) is 28.0 Å².